The summed E-state index contributed by atoms with van der Waals surface area (Å²) in [5.74, 6) is -0.769. The summed E-state index contributed by atoms with van der Waals surface area (Å²) in [7, 11) is 0. The molecule has 2 aromatic rings. The fourth-order valence-corrected chi connectivity index (χ4v) is 1.60. The first-order valence-electron chi connectivity index (χ1n) is 5.39. The third kappa shape index (κ3) is 3.61. The van der Waals surface area contributed by atoms with Gasteiger partial charge in [0, 0.05) is 11.2 Å². The molecule has 0 bridgehead atoms. The second-order valence-corrected chi connectivity index (χ2v) is 4.02. The second-order valence-electron chi connectivity index (χ2n) is 3.58. The molecule has 0 aliphatic rings. The zero-order chi connectivity index (χ0) is 14.5. The van der Waals surface area contributed by atoms with Crippen LogP contribution in [-0.4, -0.2) is 22.7 Å². The van der Waals surface area contributed by atoms with Crippen LogP contribution < -0.4 is 10.1 Å². The number of benzene rings is 1. The normalized spacial score (nSPS) is 10.4. The van der Waals surface area contributed by atoms with E-state index in [0.29, 0.717) is 0 Å². The summed E-state index contributed by atoms with van der Waals surface area (Å²) >= 11 is 5.75. The van der Waals surface area contributed by atoms with E-state index in [2.05, 4.69) is 20.3 Å². The maximum Gasteiger partial charge on any atom is 0.387 e. The summed E-state index contributed by atoms with van der Waals surface area (Å²) in [6.45, 7) is -3.04. The largest absolute Gasteiger partial charge is 0.434 e. The van der Waals surface area contributed by atoms with Crippen LogP contribution in [0.5, 0.6) is 5.75 Å². The predicted molar refractivity (Wildman–Crippen MR) is 68.1 cm³/mol. The summed E-state index contributed by atoms with van der Waals surface area (Å²) in [6, 6.07) is 6.84. The van der Waals surface area contributed by atoms with E-state index in [1.54, 1.807) is 6.07 Å². The van der Waals surface area contributed by atoms with E-state index in [0.717, 1.165) is 0 Å². The van der Waals surface area contributed by atoms with E-state index in [4.69, 9.17) is 11.6 Å². The average molecular weight is 300 g/mol. The van der Waals surface area contributed by atoms with Crippen molar-refractivity contribution in [3.63, 3.8) is 0 Å². The van der Waals surface area contributed by atoms with Crippen LogP contribution in [0.15, 0.2) is 36.5 Å². The lowest BCUT2D eigenvalue weighted by atomic mass is 10.2. The van der Waals surface area contributed by atoms with Gasteiger partial charge in [-0.05, 0) is 30.3 Å². The van der Waals surface area contributed by atoms with Crippen LogP contribution in [0.25, 0.3) is 0 Å². The van der Waals surface area contributed by atoms with Gasteiger partial charge < -0.3 is 10.1 Å². The maximum absolute atomic E-state index is 12.3. The van der Waals surface area contributed by atoms with Crippen molar-refractivity contribution in [2.75, 3.05) is 5.32 Å². The van der Waals surface area contributed by atoms with Gasteiger partial charge in [-0.2, -0.15) is 13.9 Å². The lowest BCUT2D eigenvalue weighted by Crippen LogP contribution is -2.16. The first-order valence-corrected chi connectivity index (χ1v) is 5.77. The summed E-state index contributed by atoms with van der Waals surface area (Å²) in [5, 5.41) is 9.85. The third-order valence-corrected chi connectivity index (χ3v) is 2.45. The molecule has 0 radical (unpaired) electrons. The number of nitrogens with one attached hydrogen (secondary N) is 1. The summed E-state index contributed by atoms with van der Waals surface area (Å²) in [4.78, 5) is 12.0. The molecule has 0 saturated heterocycles. The van der Waals surface area contributed by atoms with Crippen molar-refractivity contribution < 1.29 is 18.3 Å². The van der Waals surface area contributed by atoms with E-state index in [1.165, 1.54) is 30.5 Å². The zero-order valence-electron chi connectivity index (χ0n) is 9.89. The number of carbonyl (C=O) groups is 1. The predicted octanol–water partition coefficient (Wildman–Crippen LogP) is 2.98. The van der Waals surface area contributed by atoms with Gasteiger partial charge in [-0.3, -0.25) is 4.79 Å². The van der Waals surface area contributed by atoms with Crippen LogP contribution in [0.4, 0.5) is 14.6 Å². The number of aromatic nitrogens is 2. The minimum atomic E-state index is -3.04. The fourth-order valence-electron chi connectivity index (χ4n) is 1.43. The Labute approximate surface area is 117 Å². The molecule has 1 N–H and O–H groups in total. The fraction of sp³-hybridized carbons (Fsp3) is 0.0833. The number of nitrogens with zero attached hydrogens (tertiary/aromatic N) is 2. The molecule has 0 spiro atoms. The molecule has 20 heavy (non-hydrogen) atoms. The minimum absolute atomic E-state index is 0.122. The molecule has 8 heteroatoms. The lowest BCUT2D eigenvalue weighted by molar-refractivity contribution is -0.0501. The maximum atomic E-state index is 12.3. The monoisotopic (exact) mass is 299 g/mol. The molecule has 1 amide bonds. The number of hydrogen-bond acceptors (Lipinski definition) is 4. The Morgan fingerprint density at radius 1 is 1.35 bits per heavy atom. The Hall–Kier alpha value is -2.28. The van der Waals surface area contributed by atoms with Crippen LogP contribution in [0.3, 0.4) is 0 Å². The average Bonchev–Trinajstić information content (AvgIpc) is 2.41. The van der Waals surface area contributed by atoms with Gasteiger partial charge in [-0.1, -0.05) is 11.6 Å². The first-order chi connectivity index (χ1) is 9.56. The van der Waals surface area contributed by atoms with E-state index in [-0.39, 0.29) is 22.2 Å². The molecule has 0 saturated carbocycles. The molecule has 0 aliphatic heterocycles. The summed E-state index contributed by atoms with van der Waals surface area (Å²) < 4.78 is 28.8. The molecule has 2 rings (SSSR count). The molecule has 1 heterocycles. The molecule has 104 valence electrons. The molecular weight excluding hydrogens is 292 g/mol. The number of amides is 1. The number of halogens is 3. The van der Waals surface area contributed by atoms with Crippen molar-refractivity contribution in [1.29, 1.82) is 0 Å². The van der Waals surface area contributed by atoms with Gasteiger partial charge in [-0.15, -0.1) is 5.10 Å². The van der Waals surface area contributed by atoms with Gasteiger partial charge in [0.25, 0.3) is 5.91 Å². The van der Waals surface area contributed by atoms with Crippen LogP contribution in [0.1, 0.15) is 10.4 Å². The molecular formula is C12H8ClF2N3O2. The number of carbonyl (C=O) groups excluding carboxylic acids is 1. The van der Waals surface area contributed by atoms with Crippen LogP contribution in [0.2, 0.25) is 5.02 Å². The highest BCUT2D eigenvalue weighted by Crippen LogP contribution is 2.25. The first kappa shape index (κ1) is 14.1. The SMILES string of the molecule is O=C(Nc1cccnn1)c1cc(Cl)ccc1OC(F)F. The smallest absolute Gasteiger partial charge is 0.387 e. The Morgan fingerprint density at radius 3 is 2.80 bits per heavy atom. The second kappa shape index (κ2) is 6.25. The number of hydrogen-bond donors (Lipinski definition) is 1. The van der Waals surface area contributed by atoms with Crippen molar-refractivity contribution in [3.8, 4) is 5.75 Å². The van der Waals surface area contributed by atoms with E-state index in [9.17, 15) is 13.6 Å². The van der Waals surface area contributed by atoms with E-state index < -0.39 is 12.5 Å². The number of alkyl halides is 2. The highest BCUT2D eigenvalue weighted by atomic mass is 35.5. The van der Waals surface area contributed by atoms with Crippen molar-refractivity contribution in [3.05, 3.63) is 47.1 Å². The van der Waals surface area contributed by atoms with Gasteiger partial charge in [0.1, 0.15) is 5.75 Å². The van der Waals surface area contributed by atoms with E-state index in [1.807, 2.05) is 0 Å². The van der Waals surface area contributed by atoms with Crippen LogP contribution in [0, 0.1) is 0 Å². The number of ether oxygens (including phenoxy) is 1. The highest BCUT2D eigenvalue weighted by molar-refractivity contribution is 6.31. The zero-order valence-corrected chi connectivity index (χ0v) is 10.6. The van der Waals surface area contributed by atoms with Crippen molar-refractivity contribution >= 4 is 23.3 Å². The summed E-state index contributed by atoms with van der Waals surface area (Å²) in [6.07, 6.45) is 1.43. The van der Waals surface area contributed by atoms with E-state index >= 15 is 0 Å². The van der Waals surface area contributed by atoms with Crippen molar-refractivity contribution in [1.82, 2.24) is 10.2 Å². The Morgan fingerprint density at radius 2 is 2.15 bits per heavy atom. The molecule has 0 unspecified atom stereocenters. The Bertz CT molecular complexity index is 611. The topological polar surface area (TPSA) is 64.1 Å². The van der Waals surface area contributed by atoms with Crippen molar-refractivity contribution in [2.24, 2.45) is 0 Å². The highest BCUT2D eigenvalue weighted by Gasteiger charge is 2.17. The van der Waals surface area contributed by atoms with Crippen LogP contribution in [-0.2, 0) is 0 Å². The van der Waals surface area contributed by atoms with Crippen molar-refractivity contribution in [2.45, 2.75) is 6.61 Å². The van der Waals surface area contributed by atoms with Gasteiger partial charge in [0.15, 0.2) is 5.82 Å². The quantitative estimate of drug-likeness (QED) is 0.942. The van der Waals surface area contributed by atoms with Gasteiger partial charge in [-0.25, -0.2) is 0 Å². The van der Waals surface area contributed by atoms with Gasteiger partial charge in [0.05, 0.1) is 5.56 Å². The molecule has 0 atom stereocenters. The Kier molecular flexibility index (Phi) is 4.41. The standard InChI is InChI=1S/C12H8ClF2N3O2/c13-7-3-4-9(20-12(14)15)8(6-7)11(19)17-10-2-1-5-16-18-10/h1-6,12H,(H,17,18,19). The summed E-state index contributed by atoms with van der Waals surface area (Å²) in [5.41, 5.74) is -0.122. The number of anilines is 1. The lowest BCUT2D eigenvalue weighted by Gasteiger charge is -2.10. The van der Waals surface area contributed by atoms with Gasteiger partial charge in [0.2, 0.25) is 0 Å². The molecule has 0 fully saturated rings. The molecule has 1 aromatic heterocycles. The third-order valence-electron chi connectivity index (χ3n) is 2.22. The van der Waals surface area contributed by atoms with Crippen LogP contribution >= 0.6 is 11.6 Å². The Balaban J connectivity index is 2.26. The number of rotatable bonds is 4. The molecule has 0 aliphatic carbocycles. The molecule has 1 aromatic carbocycles. The van der Waals surface area contributed by atoms with Gasteiger partial charge >= 0.3 is 6.61 Å². The molecule has 5 nitrogen and oxygen atoms in total. The minimum Gasteiger partial charge on any atom is -0.434 e.